The number of esters is 2. The van der Waals surface area contributed by atoms with Crippen molar-refractivity contribution < 1.29 is 19.1 Å². The highest BCUT2D eigenvalue weighted by atomic mass is 16.5. The molecular formula is C14H24O4. The molecule has 1 rings (SSSR count). The van der Waals surface area contributed by atoms with Crippen LogP contribution in [0.5, 0.6) is 0 Å². The Morgan fingerprint density at radius 2 is 1.33 bits per heavy atom. The Morgan fingerprint density at radius 1 is 0.944 bits per heavy atom. The molecule has 0 atom stereocenters. The monoisotopic (exact) mass is 256 g/mol. The normalized spacial score (nSPS) is 19.8. The van der Waals surface area contributed by atoms with Gasteiger partial charge in [0.25, 0.3) is 0 Å². The fraction of sp³-hybridized carbons (Fsp3) is 0.857. The van der Waals surface area contributed by atoms with Gasteiger partial charge in [-0.1, -0.05) is 26.7 Å². The molecule has 1 fully saturated rings. The summed E-state index contributed by atoms with van der Waals surface area (Å²) in [5.41, 5.74) is -0.931. The predicted molar refractivity (Wildman–Crippen MR) is 67.9 cm³/mol. The minimum Gasteiger partial charge on any atom is -0.468 e. The van der Waals surface area contributed by atoms with Crippen molar-refractivity contribution in [1.29, 1.82) is 0 Å². The van der Waals surface area contributed by atoms with Gasteiger partial charge in [-0.05, 0) is 31.1 Å². The van der Waals surface area contributed by atoms with E-state index in [1.807, 2.05) is 0 Å². The summed E-state index contributed by atoms with van der Waals surface area (Å²) in [6, 6.07) is 0. The number of hydrogen-bond acceptors (Lipinski definition) is 4. The highest BCUT2D eigenvalue weighted by Crippen LogP contribution is 2.60. The van der Waals surface area contributed by atoms with Crippen molar-refractivity contribution in [2.45, 2.75) is 52.4 Å². The Balaban J connectivity index is 2.88. The second-order valence-electron chi connectivity index (χ2n) is 5.42. The number of ether oxygens (including phenoxy) is 2. The summed E-state index contributed by atoms with van der Waals surface area (Å²) in [5, 5.41) is 0. The predicted octanol–water partition coefficient (Wildman–Crippen LogP) is 2.70. The van der Waals surface area contributed by atoms with Crippen molar-refractivity contribution in [2.75, 3.05) is 14.2 Å². The lowest BCUT2D eigenvalue weighted by atomic mass is 9.49. The molecule has 4 nitrogen and oxygen atoms in total. The van der Waals surface area contributed by atoms with Crippen molar-refractivity contribution >= 4 is 11.9 Å². The molecule has 1 aliphatic rings. The second-order valence-corrected chi connectivity index (χ2v) is 5.42. The molecule has 0 N–H and O–H groups in total. The van der Waals surface area contributed by atoms with Gasteiger partial charge in [-0.15, -0.1) is 0 Å². The molecule has 0 heterocycles. The Kier molecular flexibility index (Phi) is 4.77. The quantitative estimate of drug-likeness (QED) is 0.541. The standard InChI is InChI=1S/C14H24O4/c1-5-7-13(8-6-2)9-14(10-13,11(15)17-3)12(16)18-4/h5-10H2,1-4H3. The van der Waals surface area contributed by atoms with Gasteiger partial charge in [0.2, 0.25) is 0 Å². The molecule has 1 aliphatic carbocycles. The van der Waals surface area contributed by atoms with E-state index in [0.717, 1.165) is 25.7 Å². The number of hydrogen-bond donors (Lipinski definition) is 0. The van der Waals surface area contributed by atoms with Crippen LogP contribution in [0.2, 0.25) is 0 Å². The SMILES string of the molecule is CCCC1(CCC)CC(C(=O)OC)(C(=O)OC)C1. The Labute approximate surface area is 109 Å². The first-order valence-corrected chi connectivity index (χ1v) is 6.67. The van der Waals surface area contributed by atoms with Crippen molar-refractivity contribution in [3.05, 3.63) is 0 Å². The lowest BCUT2D eigenvalue weighted by Gasteiger charge is -2.52. The summed E-state index contributed by atoms with van der Waals surface area (Å²) in [7, 11) is 2.65. The van der Waals surface area contributed by atoms with Crippen LogP contribution in [-0.2, 0) is 19.1 Å². The highest BCUT2D eigenvalue weighted by molar-refractivity contribution is 6.01. The molecule has 0 bridgehead atoms. The first kappa shape index (κ1) is 15.0. The molecule has 0 aromatic carbocycles. The van der Waals surface area contributed by atoms with Crippen LogP contribution >= 0.6 is 0 Å². The molecule has 0 radical (unpaired) electrons. The van der Waals surface area contributed by atoms with Crippen LogP contribution in [0.15, 0.2) is 0 Å². The third-order valence-electron chi connectivity index (χ3n) is 4.07. The van der Waals surface area contributed by atoms with Gasteiger partial charge in [-0.3, -0.25) is 9.59 Å². The maximum Gasteiger partial charge on any atom is 0.323 e. The zero-order valence-electron chi connectivity index (χ0n) is 11.9. The number of carbonyl (C=O) groups is 2. The highest BCUT2D eigenvalue weighted by Gasteiger charge is 2.63. The van der Waals surface area contributed by atoms with E-state index in [-0.39, 0.29) is 5.41 Å². The van der Waals surface area contributed by atoms with Gasteiger partial charge in [-0.25, -0.2) is 0 Å². The summed E-state index contributed by atoms with van der Waals surface area (Å²) in [6.07, 6.45) is 5.38. The first-order valence-electron chi connectivity index (χ1n) is 6.67. The van der Waals surface area contributed by atoms with Gasteiger partial charge < -0.3 is 9.47 Å². The molecule has 4 heteroatoms. The molecule has 0 aromatic heterocycles. The molecule has 1 saturated carbocycles. The van der Waals surface area contributed by atoms with E-state index in [9.17, 15) is 9.59 Å². The topological polar surface area (TPSA) is 52.6 Å². The molecule has 0 aromatic rings. The van der Waals surface area contributed by atoms with E-state index >= 15 is 0 Å². The number of methoxy groups -OCH3 is 2. The van der Waals surface area contributed by atoms with E-state index < -0.39 is 17.4 Å². The molecule has 18 heavy (non-hydrogen) atoms. The zero-order chi connectivity index (χ0) is 13.8. The van der Waals surface area contributed by atoms with Gasteiger partial charge in [0.1, 0.15) is 0 Å². The number of carbonyl (C=O) groups excluding carboxylic acids is 2. The lowest BCUT2D eigenvalue weighted by Crippen LogP contribution is -2.56. The maximum atomic E-state index is 11.9. The molecule has 0 saturated heterocycles. The van der Waals surface area contributed by atoms with Gasteiger partial charge >= 0.3 is 11.9 Å². The average molecular weight is 256 g/mol. The lowest BCUT2D eigenvalue weighted by molar-refractivity contribution is -0.189. The molecular weight excluding hydrogens is 232 g/mol. The smallest absolute Gasteiger partial charge is 0.323 e. The molecule has 0 aliphatic heterocycles. The van der Waals surface area contributed by atoms with Gasteiger partial charge in [-0.2, -0.15) is 0 Å². The Hall–Kier alpha value is -1.06. The summed E-state index contributed by atoms with van der Waals surface area (Å²) < 4.78 is 9.58. The third-order valence-corrected chi connectivity index (χ3v) is 4.07. The van der Waals surface area contributed by atoms with Crippen LogP contribution in [-0.4, -0.2) is 26.2 Å². The number of rotatable bonds is 6. The van der Waals surface area contributed by atoms with Crippen LogP contribution in [0.1, 0.15) is 52.4 Å². The Morgan fingerprint density at radius 3 is 1.61 bits per heavy atom. The van der Waals surface area contributed by atoms with E-state index in [2.05, 4.69) is 13.8 Å². The summed E-state index contributed by atoms with van der Waals surface area (Å²) in [5.74, 6) is -0.894. The Bertz CT molecular complexity index is 290. The molecule has 0 unspecified atom stereocenters. The van der Waals surface area contributed by atoms with Crippen molar-refractivity contribution in [3.63, 3.8) is 0 Å². The van der Waals surface area contributed by atoms with E-state index in [4.69, 9.17) is 9.47 Å². The second kappa shape index (κ2) is 5.72. The van der Waals surface area contributed by atoms with Gasteiger partial charge in [0.05, 0.1) is 14.2 Å². The van der Waals surface area contributed by atoms with Crippen molar-refractivity contribution in [2.24, 2.45) is 10.8 Å². The summed E-state index contributed by atoms with van der Waals surface area (Å²) in [4.78, 5) is 23.8. The van der Waals surface area contributed by atoms with Crippen LogP contribution in [0.25, 0.3) is 0 Å². The minimum atomic E-state index is -1.05. The van der Waals surface area contributed by atoms with Crippen LogP contribution in [0, 0.1) is 10.8 Å². The molecule has 104 valence electrons. The van der Waals surface area contributed by atoms with Crippen molar-refractivity contribution in [3.8, 4) is 0 Å². The maximum absolute atomic E-state index is 11.9. The van der Waals surface area contributed by atoms with Crippen LogP contribution in [0.4, 0.5) is 0 Å². The van der Waals surface area contributed by atoms with Crippen LogP contribution in [0.3, 0.4) is 0 Å². The van der Waals surface area contributed by atoms with Crippen molar-refractivity contribution in [1.82, 2.24) is 0 Å². The summed E-state index contributed by atoms with van der Waals surface area (Å²) in [6.45, 7) is 4.27. The zero-order valence-corrected chi connectivity index (χ0v) is 11.9. The fourth-order valence-corrected chi connectivity index (χ4v) is 3.53. The first-order chi connectivity index (χ1) is 8.50. The van der Waals surface area contributed by atoms with Gasteiger partial charge in [0, 0.05) is 0 Å². The molecule has 0 spiro atoms. The van der Waals surface area contributed by atoms with Crippen LogP contribution < -0.4 is 0 Å². The van der Waals surface area contributed by atoms with E-state index in [0.29, 0.717) is 12.8 Å². The summed E-state index contributed by atoms with van der Waals surface area (Å²) >= 11 is 0. The van der Waals surface area contributed by atoms with E-state index in [1.165, 1.54) is 14.2 Å². The third kappa shape index (κ3) is 2.38. The minimum absolute atomic E-state index is 0.117. The fourth-order valence-electron chi connectivity index (χ4n) is 3.53. The average Bonchev–Trinajstić information content (AvgIpc) is 2.33. The van der Waals surface area contributed by atoms with E-state index in [1.54, 1.807) is 0 Å². The largest absolute Gasteiger partial charge is 0.468 e. The molecule has 0 amide bonds. The van der Waals surface area contributed by atoms with Gasteiger partial charge in [0.15, 0.2) is 5.41 Å².